The number of fused-ring (bicyclic) bond motifs is 1. The molecule has 1 atom stereocenters. The van der Waals surface area contributed by atoms with Crippen LogP contribution < -0.4 is 0 Å². The third-order valence-electron chi connectivity index (χ3n) is 2.93. The van der Waals surface area contributed by atoms with E-state index in [0.717, 1.165) is 24.2 Å². The van der Waals surface area contributed by atoms with Gasteiger partial charge in [0.15, 0.2) is 0 Å². The Morgan fingerprint density at radius 2 is 2.12 bits per heavy atom. The topological polar surface area (TPSA) is 12.9 Å². The number of aromatic nitrogens is 1. The molecule has 2 heteroatoms. The van der Waals surface area contributed by atoms with Gasteiger partial charge in [-0.25, -0.2) is 4.39 Å². The van der Waals surface area contributed by atoms with Crippen molar-refractivity contribution >= 4 is 0 Å². The van der Waals surface area contributed by atoms with Gasteiger partial charge in [-0.1, -0.05) is 20.8 Å². The summed E-state index contributed by atoms with van der Waals surface area (Å²) < 4.78 is 13.3. The van der Waals surface area contributed by atoms with E-state index in [0.29, 0.717) is 12.8 Å². The fourth-order valence-electron chi connectivity index (χ4n) is 2.23. The number of hydrogen-bond donors (Lipinski definition) is 0. The molecule has 0 aromatic carbocycles. The highest BCUT2D eigenvalue weighted by Crippen LogP contribution is 2.25. The molecule has 0 saturated heterocycles. The maximum Gasteiger partial charge on any atom is 0.105 e. The Morgan fingerprint density at radius 3 is 2.75 bits per heavy atom. The van der Waals surface area contributed by atoms with Gasteiger partial charge >= 0.3 is 0 Å². The van der Waals surface area contributed by atoms with Crippen LogP contribution in [-0.4, -0.2) is 11.2 Å². The molecule has 0 N–H and O–H groups in total. The molecule has 0 radical (unpaired) electrons. The normalized spacial score (nSPS) is 18.4. The quantitative estimate of drug-likeness (QED) is 0.705. The molecule has 1 aromatic heterocycles. The van der Waals surface area contributed by atoms with Crippen molar-refractivity contribution < 1.29 is 4.39 Å². The first-order chi connectivity index (χ1) is 7.70. The van der Waals surface area contributed by atoms with Crippen molar-refractivity contribution in [2.24, 2.45) is 0 Å². The Kier molecular flexibility index (Phi) is 4.91. The average molecular weight is 223 g/mol. The molecule has 0 amide bonds. The van der Waals surface area contributed by atoms with Crippen molar-refractivity contribution in [2.45, 2.75) is 59.5 Å². The second-order valence-corrected chi connectivity index (χ2v) is 4.04. The summed E-state index contributed by atoms with van der Waals surface area (Å²) in [5.74, 6) is 0. The summed E-state index contributed by atoms with van der Waals surface area (Å²) in [6.07, 6.45) is 2.36. The van der Waals surface area contributed by atoms with Crippen LogP contribution in [-0.2, 0) is 19.3 Å². The van der Waals surface area contributed by atoms with E-state index in [-0.39, 0.29) is 0 Å². The molecule has 2 rings (SSSR count). The lowest BCUT2D eigenvalue weighted by Gasteiger charge is -2.21. The van der Waals surface area contributed by atoms with Crippen molar-refractivity contribution in [1.82, 2.24) is 4.98 Å². The van der Waals surface area contributed by atoms with Gasteiger partial charge < -0.3 is 0 Å². The first-order valence-electron chi connectivity index (χ1n) is 6.33. The fourth-order valence-corrected chi connectivity index (χ4v) is 2.23. The third-order valence-corrected chi connectivity index (χ3v) is 2.93. The largest absolute Gasteiger partial charge is 0.258 e. The Labute approximate surface area is 98.1 Å². The number of nitrogens with zero attached hydrogens (tertiary/aromatic N) is 1. The second-order valence-electron chi connectivity index (χ2n) is 4.04. The lowest BCUT2D eigenvalue weighted by atomic mass is 9.90. The highest BCUT2D eigenvalue weighted by molar-refractivity contribution is 5.35. The van der Waals surface area contributed by atoms with Gasteiger partial charge in [-0.15, -0.1) is 0 Å². The molecule has 1 aromatic rings. The Bertz CT molecular complexity index is 330. The number of pyridine rings is 1. The van der Waals surface area contributed by atoms with Crippen molar-refractivity contribution in [1.29, 1.82) is 0 Å². The smallest absolute Gasteiger partial charge is 0.105 e. The van der Waals surface area contributed by atoms with Crippen LogP contribution in [0.25, 0.3) is 0 Å². The van der Waals surface area contributed by atoms with E-state index >= 15 is 0 Å². The Hall–Kier alpha value is -0.920. The number of alkyl halides is 1. The number of aryl methyl sites for hydroxylation is 3. The van der Waals surface area contributed by atoms with Gasteiger partial charge in [0.05, 0.1) is 0 Å². The maximum atomic E-state index is 13.3. The fraction of sp³-hybridized carbons (Fsp3) is 0.643. The van der Waals surface area contributed by atoms with Crippen LogP contribution in [0.5, 0.6) is 0 Å². The molecule has 90 valence electrons. The van der Waals surface area contributed by atoms with Crippen LogP contribution in [0.2, 0.25) is 0 Å². The van der Waals surface area contributed by atoms with Crippen LogP contribution in [0, 0.1) is 6.92 Å². The minimum absolute atomic E-state index is 0.575. The van der Waals surface area contributed by atoms with E-state index in [4.69, 9.17) is 0 Å². The van der Waals surface area contributed by atoms with Crippen LogP contribution in [0.4, 0.5) is 4.39 Å². The molecular formula is C14H22FN. The molecule has 1 nitrogen and oxygen atoms in total. The number of hydrogen-bond acceptors (Lipinski definition) is 1. The first-order valence-corrected chi connectivity index (χ1v) is 6.33. The molecule has 1 unspecified atom stereocenters. The summed E-state index contributed by atoms with van der Waals surface area (Å²) in [6, 6.07) is 2.09. The summed E-state index contributed by atoms with van der Waals surface area (Å²) in [4.78, 5) is 4.49. The SMILES string of the molecule is CC.CCc1cc(C)nc2c1CC(F)CC2. The molecule has 0 aliphatic heterocycles. The molecule has 16 heavy (non-hydrogen) atoms. The van der Waals surface area contributed by atoms with E-state index in [1.807, 2.05) is 20.8 Å². The summed E-state index contributed by atoms with van der Waals surface area (Å²) in [6.45, 7) is 8.14. The molecule has 0 fully saturated rings. The van der Waals surface area contributed by atoms with Crippen LogP contribution >= 0.6 is 0 Å². The minimum atomic E-state index is -0.655. The molecular weight excluding hydrogens is 201 g/mol. The molecule has 0 bridgehead atoms. The zero-order chi connectivity index (χ0) is 12.1. The summed E-state index contributed by atoms with van der Waals surface area (Å²) in [5.41, 5.74) is 4.67. The third kappa shape index (κ3) is 2.81. The first kappa shape index (κ1) is 13.1. The van der Waals surface area contributed by atoms with Crippen molar-refractivity contribution in [2.75, 3.05) is 0 Å². The van der Waals surface area contributed by atoms with E-state index in [2.05, 4.69) is 18.0 Å². The Balaban J connectivity index is 0.000000606. The van der Waals surface area contributed by atoms with Crippen molar-refractivity contribution in [3.8, 4) is 0 Å². The van der Waals surface area contributed by atoms with Gasteiger partial charge in [0, 0.05) is 17.8 Å². The summed E-state index contributed by atoms with van der Waals surface area (Å²) >= 11 is 0. The predicted octanol–water partition coefficient (Wildman–Crippen LogP) is 3.81. The van der Waals surface area contributed by atoms with Gasteiger partial charge in [-0.05, 0) is 43.4 Å². The summed E-state index contributed by atoms with van der Waals surface area (Å²) in [5, 5.41) is 0. The second kappa shape index (κ2) is 5.97. The number of rotatable bonds is 1. The van der Waals surface area contributed by atoms with Crippen molar-refractivity contribution in [3.63, 3.8) is 0 Å². The van der Waals surface area contributed by atoms with Crippen molar-refractivity contribution in [3.05, 3.63) is 28.6 Å². The van der Waals surface area contributed by atoms with Gasteiger partial charge in [0.25, 0.3) is 0 Å². The van der Waals surface area contributed by atoms with E-state index in [9.17, 15) is 4.39 Å². The van der Waals surface area contributed by atoms with Gasteiger partial charge in [-0.3, -0.25) is 4.98 Å². The minimum Gasteiger partial charge on any atom is -0.258 e. The highest BCUT2D eigenvalue weighted by atomic mass is 19.1. The molecule has 0 spiro atoms. The van der Waals surface area contributed by atoms with Crippen LogP contribution in [0.3, 0.4) is 0 Å². The van der Waals surface area contributed by atoms with E-state index in [1.54, 1.807) is 0 Å². The molecule has 1 heterocycles. The number of halogens is 1. The summed E-state index contributed by atoms with van der Waals surface area (Å²) in [7, 11) is 0. The lowest BCUT2D eigenvalue weighted by molar-refractivity contribution is 0.298. The lowest BCUT2D eigenvalue weighted by Crippen LogP contribution is -2.18. The average Bonchev–Trinajstić information content (AvgIpc) is 2.31. The molecule has 1 aliphatic rings. The Morgan fingerprint density at radius 1 is 1.44 bits per heavy atom. The van der Waals surface area contributed by atoms with Gasteiger partial charge in [0.1, 0.15) is 6.17 Å². The monoisotopic (exact) mass is 223 g/mol. The zero-order valence-corrected chi connectivity index (χ0v) is 10.8. The van der Waals surface area contributed by atoms with Crippen LogP contribution in [0.1, 0.15) is 49.7 Å². The van der Waals surface area contributed by atoms with Gasteiger partial charge in [0.2, 0.25) is 0 Å². The predicted molar refractivity (Wildman–Crippen MR) is 66.6 cm³/mol. The van der Waals surface area contributed by atoms with E-state index in [1.165, 1.54) is 11.1 Å². The van der Waals surface area contributed by atoms with Crippen LogP contribution in [0.15, 0.2) is 6.07 Å². The van der Waals surface area contributed by atoms with Gasteiger partial charge in [-0.2, -0.15) is 0 Å². The highest BCUT2D eigenvalue weighted by Gasteiger charge is 2.21. The zero-order valence-electron chi connectivity index (χ0n) is 10.8. The van der Waals surface area contributed by atoms with E-state index < -0.39 is 6.17 Å². The maximum absolute atomic E-state index is 13.3. The molecule has 0 saturated carbocycles. The molecule has 1 aliphatic carbocycles. The standard InChI is InChI=1S/C12H16FN.C2H6/c1-3-9-6-8(2)14-12-5-4-10(13)7-11(9)12;1-2/h6,10H,3-5,7H2,1-2H3;1-2H3.